The average molecular weight is 314 g/mol. The molecule has 114 valence electrons. The monoisotopic (exact) mass is 314 g/mol. The molecular formula is C16H18N4OS. The summed E-state index contributed by atoms with van der Waals surface area (Å²) >= 11 is 1.59. The van der Waals surface area contributed by atoms with E-state index in [2.05, 4.69) is 26.3 Å². The zero-order chi connectivity index (χ0) is 14.9. The highest BCUT2D eigenvalue weighted by atomic mass is 32.1. The van der Waals surface area contributed by atoms with Gasteiger partial charge in [0, 0.05) is 48.9 Å². The third-order valence-corrected chi connectivity index (χ3v) is 5.12. The highest BCUT2D eigenvalue weighted by molar-refractivity contribution is 7.13. The predicted molar refractivity (Wildman–Crippen MR) is 85.6 cm³/mol. The summed E-state index contributed by atoms with van der Waals surface area (Å²) in [6.07, 6.45) is 8.35. The second kappa shape index (κ2) is 5.68. The van der Waals surface area contributed by atoms with Crippen molar-refractivity contribution in [1.82, 2.24) is 14.9 Å². The van der Waals surface area contributed by atoms with Gasteiger partial charge in [-0.1, -0.05) is 6.07 Å². The molecule has 1 saturated carbocycles. The Bertz CT molecular complexity index is 641. The van der Waals surface area contributed by atoms with Crippen LogP contribution in [-0.4, -0.2) is 33.4 Å². The van der Waals surface area contributed by atoms with Gasteiger partial charge in [0.05, 0.1) is 6.04 Å². The fourth-order valence-electron chi connectivity index (χ4n) is 3.30. The van der Waals surface area contributed by atoms with Crippen molar-refractivity contribution in [2.75, 3.05) is 11.9 Å². The van der Waals surface area contributed by atoms with Crippen molar-refractivity contribution in [2.45, 2.75) is 31.3 Å². The van der Waals surface area contributed by atoms with Crippen molar-refractivity contribution in [3.63, 3.8) is 0 Å². The van der Waals surface area contributed by atoms with E-state index in [4.69, 9.17) is 0 Å². The maximum absolute atomic E-state index is 12.5. The minimum atomic E-state index is 0.140. The van der Waals surface area contributed by atoms with Crippen molar-refractivity contribution >= 4 is 22.4 Å². The lowest BCUT2D eigenvalue weighted by atomic mass is 9.94. The lowest BCUT2D eigenvalue weighted by molar-refractivity contribution is -0.129. The van der Waals surface area contributed by atoms with Gasteiger partial charge in [0.25, 0.3) is 0 Å². The molecule has 0 spiro atoms. The Balaban J connectivity index is 1.57. The molecule has 0 unspecified atom stereocenters. The summed E-state index contributed by atoms with van der Waals surface area (Å²) in [5.74, 6) is 0.545. The zero-order valence-electron chi connectivity index (χ0n) is 12.2. The first-order valence-electron chi connectivity index (χ1n) is 7.67. The van der Waals surface area contributed by atoms with Gasteiger partial charge in [-0.15, -0.1) is 11.3 Å². The van der Waals surface area contributed by atoms with Crippen molar-refractivity contribution < 1.29 is 4.79 Å². The van der Waals surface area contributed by atoms with Crippen LogP contribution in [-0.2, 0) is 4.79 Å². The number of anilines is 1. The molecule has 4 rings (SSSR count). The van der Waals surface area contributed by atoms with Crippen LogP contribution < -0.4 is 5.32 Å². The van der Waals surface area contributed by atoms with Gasteiger partial charge in [-0.25, -0.2) is 4.98 Å². The van der Waals surface area contributed by atoms with Gasteiger partial charge in [-0.05, 0) is 24.5 Å². The zero-order valence-corrected chi connectivity index (χ0v) is 13.0. The van der Waals surface area contributed by atoms with Crippen LogP contribution in [0.4, 0.5) is 5.13 Å². The Morgan fingerprint density at radius 3 is 2.95 bits per heavy atom. The number of amides is 1. The number of nitrogens with zero attached hydrogens (tertiary/aromatic N) is 3. The fraction of sp³-hybridized carbons (Fsp3) is 0.438. The number of nitrogens with one attached hydrogen (secondary N) is 1. The average Bonchev–Trinajstić information content (AvgIpc) is 3.13. The number of hydrogen-bond donors (Lipinski definition) is 1. The highest BCUT2D eigenvalue weighted by Gasteiger charge is 2.47. The lowest BCUT2D eigenvalue weighted by Crippen LogP contribution is -2.32. The van der Waals surface area contributed by atoms with E-state index >= 15 is 0 Å². The molecule has 2 fully saturated rings. The molecule has 5 nitrogen and oxygen atoms in total. The van der Waals surface area contributed by atoms with E-state index in [0.29, 0.717) is 12.5 Å². The van der Waals surface area contributed by atoms with E-state index in [-0.39, 0.29) is 17.9 Å². The Hall–Kier alpha value is -1.95. The molecule has 22 heavy (non-hydrogen) atoms. The van der Waals surface area contributed by atoms with Crippen LogP contribution >= 0.6 is 11.3 Å². The summed E-state index contributed by atoms with van der Waals surface area (Å²) in [6, 6.07) is 4.61. The van der Waals surface area contributed by atoms with E-state index < -0.39 is 0 Å². The number of pyridine rings is 1. The molecular weight excluding hydrogens is 296 g/mol. The van der Waals surface area contributed by atoms with E-state index in [9.17, 15) is 4.79 Å². The number of thiazole rings is 1. The van der Waals surface area contributed by atoms with E-state index in [0.717, 1.165) is 30.1 Å². The smallest absolute Gasteiger partial charge is 0.223 e. The molecule has 1 saturated heterocycles. The molecule has 0 aromatic carbocycles. The molecule has 1 N–H and O–H groups in total. The lowest BCUT2D eigenvalue weighted by Gasteiger charge is -2.28. The van der Waals surface area contributed by atoms with Crippen LogP contribution in [0.3, 0.4) is 0 Å². The normalized spacial score (nSPS) is 24.7. The number of carbonyl (C=O) groups excluding carboxylic acids is 1. The van der Waals surface area contributed by atoms with Crippen LogP contribution in [0.5, 0.6) is 0 Å². The molecule has 6 heteroatoms. The van der Waals surface area contributed by atoms with Gasteiger partial charge >= 0.3 is 0 Å². The van der Waals surface area contributed by atoms with E-state index in [1.54, 1.807) is 23.7 Å². The van der Waals surface area contributed by atoms with Crippen molar-refractivity contribution in [2.24, 2.45) is 5.92 Å². The fourth-order valence-corrected chi connectivity index (χ4v) is 3.84. The second-order valence-corrected chi connectivity index (χ2v) is 6.84. The number of rotatable bonds is 5. The first-order chi connectivity index (χ1) is 10.8. The SMILES string of the molecule is O=C1C[C@@H](CNc2nccs2)[C@H](c2cccnc2)N1C1CC1. The first-order valence-corrected chi connectivity index (χ1v) is 8.55. The van der Waals surface area contributed by atoms with Gasteiger partial charge in [-0.2, -0.15) is 0 Å². The van der Waals surface area contributed by atoms with E-state index in [1.807, 2.05) is 17.6 Å². The molecule has 0 bridgehead atoms. The van der Waals surface area contributed by atoms with Gasteiger partial charge in [0.1, 0.15) is 0 Å². The summed E-state index contributed by atoms with van der Waals surface area (Å²) in [5, 5.41) is 6.25. The van der Waals surface area contributed by atoms with Crippen molar-refractivity contribution in [3.05, 3.63) is 41.7 Å². The second-order valence-electron chi connectivity index (χ2n) is 5.95. The molecule has 1 aliphatic carbocycles. The number of carbonyl (C=O) groups is 1. The Labute approximate surface area is 133 Å². The summed E-state index contributed by atoms with van der Waals surface area (Å²) < 4.78 is 0. The van der Waals surface area contributed by atoms with Crippen LogP contribution in [0.1, 0.15) is 30.9 Å². The molecule has 1 aliphatic heterocycles. The number of likely N-dealkylation sites (tertiary alicyclic amines) is 1. The molecule has 2 aromatic heterocycles. The Morgan fingerprint density at radius 2 is 2.27 bits per heavy atom. The highest BCUT2D eigenvalue weighted by Crippen LogP contribution is 2.44. The molecule has 2 aliphatic rings. The summed E-state index contributed by atoms with van der Waals surface area (Å²) in [4.78, 5) is 23.1. The van der Waals surface area contributed by atoms with Crippen LogP contribution in [0.15, 0.2) is 36.1 Å². The van der Waals surface area contributed by atoms with Gasteiger partial charge in [0.2, 0.25) is 5.91 Å². The van der Waals surface area contributed by atoms with Gasteiger partial charge in [0.15, 0.2) is 5.13 Å². The first kappa shape index (κ1) is 13.7. The third kappa shape index (κ3) is 2.59. The molecule has 2 aromatic rings. The third-order valence-electron chi connectivity index (χ3n) is 4.38. The van der Waals surface area contributed by atoms with Crippen LogP contribution in [0.25, 0.3) is 0 Å². The number of hydrogen-bond acceptors (Lipinski definition) is 5. The van der Waals surface area contributed by atoms with Crippen LogP contribution in [0, 0.1) is 5.92 Å². The topological polar surface area (TPSA) is 58.1 Å². The van der Waals surface area contributed by atoms with Crippen LogP contribution in [0.2, 0.25) is 0 Å². The standard InChI is InChI=1S/C16H18N4OS/c21-14-8-12(10-19-16-18-6-7-22-16)15(20(14)13-3-4-13)11-2-1-5-17-9-11/h1-2,5-7,9,12-13,15H,3-4,8,10H2,(H,18,19)/t12-,15-/m0/s1. The van der Waals surface area contributed by atoms with Gasteiger partial charge in [-0.3, -0.25) is 9.78 Å². The Morgan fingerprint density at radius 1 is 1.36 bits per heavy atom. The summed E-state index contributed by atoms with van der Waals surface area (Å²) in [6.45, 7) is 0.766. The maximum Gasteiger partial charge on any atom is 0.223 e. The molecule has 2 atom stereocenters. The number of aromatic nitrogens is 2. The molecule has 0 radical (unpaired) electrons. The largest absolute Gasteiger partial charge is 0.361 e. The quantitative estimate of drug-likeness (QED) is 0.922. The predicted octanol–water partition coefficient (Wildman–Crippen LogP) is 2.70. The summed E-state index contributed by atoms with van der Waals surface area (Å²) in [5.41, 5.74) is 1.14. The van der Waals surface area contributed by atoms with Crippen molar-refractivity contribution in [1.29, 1.82) is 0 Å². The van der Waals surface area contributed by atoms with E-state index in [1.165, 1.54) is 0 Å². The Kier molecular flexibility index (Phi) is 3.54. The molecule has 1 amide bonds. The maximum atomic E-state index is 12.5. The van der Waals surface area contributed by atoms with Crippen molar-refractivity contribution in [3.8, 4) is 0 Å². The minimum absolute atomic E-state index is 0.140. The van der Waals surface area contributed by atoms with Gasteiger partial charge < -0.3 is 10.2 Å². The molecule has 3 heterocycles. The minimum Gasteiger partial charge on any atom is -0.361 e. The summed E-state index contributed by atoms with van der Waals surface area (Å²) in [7, 11) is 0.